The zero-order valence-electron chi connectivity index (χ0n) is 8.64. The van der Waals surface area contributed by atoms with Crippen LogP contribution in [-0.4, -0.2) is 17.4 Å². The zero-order chi connectivity index (χ0) is 12.2. The smallest absolute Gasteiger partial charge is 0.356 e. The summed E-state index contributed by atoms with van der Waals surface area (Å²) in [6.45, 7) is 2.09. The Morgan fingerprint density at radius 3 is 2.75 bits per heavy atom. The van der Waals surface area contributed by atoms with Crippen LogP contribution in [0.5, 0.6) is 0 Å². The quantitative estimate of drug-likeness (QED) is 0.863. The van der Waals surface area contributed by atoms with E-state index in [0.29, 0.717) is 6.54 Å². The Balaban J connectivity index is 2.92. The SMILES string of the molecule is CCNC(=O)Cc1cnccc1C(F)(F)F. The third-order valence-corrected chi connectivity index (χ3v) is 1.93. The van der Waals surface area contributed by atoms with Crippen LogP contribution in [0.25, 0.3) is 0 Å². The third kappa shape index (κ3) is 3.22. The molecule has 1 heterocycles. The molecule has 1 aromatic rings. The molecule has 0 unspecified atom stereocenters. The van der Waals surface area contributed by atoms with Crippen LogP contribution in [0.2, 0.25) is 0 Å². The van der Waals surface area contributed by atoms with Gasteiger partial charge in [-0.1, -0.05) is 0 Å². The first-order valence-electron chi connectivity index (χ1n) is 4.72. The van der Waals surface area contributed by atoms with E-state index in [2.05, 4.69) is 10.3 Å². The molecule has 0 aromatic carbocycles. The number of amides is 1. The predicted molar refractivity (Wildman–Crippen MR) is 51.6 cm³/mol. The zero-order valence-corrected chi connectivity index (χ0v) is 8.64. The number of nitrogens with one attached hydrogen (secondary N) is 1. The summed E-state index contributed by atoms with van der Waals surface area (Å²) in [5, 5.41) is 2.44. The van der Waals surface area contributed by atoms with Crippen LogP contribution in [0.1, 0.15) is 18.1 Å². The minimum absolute atomic E-state index is 0.110. The van der Waals surface area contributed by atoms with Crippen molar-refractivity contribution in [1.82, 2.24) is 10.3 Å². The third-order valence-electron chi connectivity index (χ3n) is 1.93. The van der Waals surface area contributed by atoms with Crippen LogP contribution in [-0.2, 0) is 17.4 Å². The number of likely N-dealkylation sites (N-methyl/N-ethyl adjacent to an activating group) is 1. The normalized spacial score (nSPS) is 11.2. The lowest BCUT2D eigenvalue weighted by molar-refractivity contribution is -0.138. The van der Waals surface area contributed by atoms with Gasteiger partial charge < -0.3 is 5.32 Å². The van der Waals surface area contributed by atoms with Gasteiger partial charge in [0.05, 0.1) is 12.0 Å². The number of carbonyl (C=O) groups excluding carboxylic acids is 1. The highest BCUT2D eigenvalue weighted by Crippen LogP contribution is 2.31. The van der Waals surface area contributed by atoms with Crippen molar-refractivity contribution in [1.29, 1.82) is 0 Å². The van der Waals surface area contributed by atoms with Gasteiger partial charge in [0.2, 0.25) is 5.91 Å². The maximum atomic E-state index is 12.5. The Hall–Kier alpha value is -1.59. The number of aromatic nitrogens is 1. The summed E-state index contributed by atoms with van der Waals surface area (Å²) in [4.78, 5) is 14.8. The number of carbonyl (C=O) groups is 1. The molecule has 1 rings (SSSR count). The summed E-state index contributed by atoms with van der Waals surface area (Å²) in [7, 11) is 0. The highest BCUT2D eigenvalue weighted by molar-refractivity contribution is 5.78. The van der Waals surface area contributed by atoms with E-state index in [1.165, 1.54) is 0 Å². The van der Waals surface area contributed by atoms with Crippen LogP contribution in [0.3, 0.4) is 0 Å². The van der Waals surface area contributed by atoms with Gasteiger partial charge in [0, 0.05) is 18.9 Å². The van der Waals surface area contributed by atoms with E-state index in [4.69, 9.17) is 0 Å². The van der Waals surface area contributed by atoms with Crippen LogP contribution >= 0.6 is 0 Å². The van der Waals surface area contributed by atoms with Gasteiger partial charge >= 0.3 is 6.18 Å². The van der Waals surface area contributed by atoms with Crippen molar-refractivity contribution >= 4 is 5.91 Å². The van der Waals surface area contributed by atoms with E-state index in [1.54, 1.807) is 6.92 Å². The first kappa shape index (κ1) is 12.5. The van der Waals surface area contributed by atoms with Crippen LogP contribution in [0.15, 0.2) is 18.5 Å². The van der Waals surface area contributed by atoms with Crippen molar-refractivity contribution in [2.75, 3.05) is 6.54 Å². The van der Waals surface area contributed by atoms with Gasteiger partial charge in [-0.3, -0.25) is 9.78 Å². The second-order valence-electron chi connectivity index (χ2n) is 3.16. The van der Waals surface area contributed by atoms with Gasteiger partial charge in [-0.2, -0.15) is 13.2 Å². The van der Waals surface area contributed by atoms with Crippen LogP contribution < -0.4 is 5.32 Å². The number of nitrogens with zero attached hydrogens (tertiary/aromatic N) is 1. The molecular weight excluding hydrogens is 221 g/mol. The standard InChI is InChI=1S/C10H11F3N2O/c1-2-15-9(16)5-7-6-14-4-3-8(7)10(11,12)13/h3-4,6H,2,5H2,1H3,(H,15,16). The fraction of sp³-hybridized carbons (Fsp3) is 0.400. The summed E-state index contributed by atoms with van der Waals surface area (Å²) in [5.74, 6) is -0.444. The average Bonchev–Trinajstić information content (AvgIpc) is 2.17. The maximum Gasteiger partial charge on any atom is 0.416 e. The molecule has 16 heavy (non-hydrogen) atoms. The van der Waals surface area contributed by atoms with Gasteiger partial charge in [-0.25, -0.2) is 0 Å². The van der Waals surface area contributed by atoms with Gasteiger partial charge in [0.1, 0.15) is 0 Å². The second-order valence-corrected chi connectivity index (χ2v) is 3.16. The first-order chi connectivity index (χ1) is 7.45. The molecular formula is C10H11F3N2O. The van der Waals surface area contributed by atoms with Gasteiger partial charge in [0.15, 0.2) is 0 Å². The van der Waals surface area contributed by atoms with E-state index < -0.39 is 17.6 Å². The number of pyridine rings is 1. The topological polar surface area (TPSA) is 42.0 Å². The molecule has 0 saturated carbocycles. The molecule has 0 spiro atoms. The van der Waals surface area contributed by atoms with Crippen molar-refractivity contribution < 1.29 is 18.0 Å². The molecule has 0 atom stereocenters. The molecule has 0 radical (unpaired) electrons. The molecule has 88 valence electrons. The number of halogens is 3. The molecule has 0 aliphatic carbocycles. The summed E-state index contributed by atoms with van der Waals surface area (Å²) in [6.07, 6.45) is -2.64. The monoisotopic (exact) mass is 232 g/mol. The molecule has 6 heteroatoms. The summed E-state index contributed by atoms with van der Waals surface area (Å²) >= 11 is 0. The lowest BCUT2D eigenvalue weighted by Gasteiger charge is -2.11. The van der Waals surface area contributed by atoms with Crippen molar-refractivity contribution in [2.45, 2.75) is 19.5 Å². The highest BCUT2D eigenvalue weighted by atomic mass is 19.4. The van der Waals surface area contributed by atoms with E-state index in [9.17, 15) is 18.0 Å². The second kappa shape index (κ2) is 4.96. The molecule has 1 amide bonds. The Morgan fingerprint density at radius 2 is 2.19 bits per heavy atom. The lowest BCUT2D eigenvalue weighted by Crippen LogP contribution is -2.25. The molecule has 0 fully saturated rings. The summed E-state index contributed by atoms with van der Waals surface area (Å²) < 4.78 is 37.6. The molecule has 1 aromatic heterocycles. The van der Waals surface area contributed by atoms with Crippen molar-refractivity contribution in [3.8, 4) is 0 Å². The first-order valence-corrected chi connectivity index (χ1v) is 4.72. The van der Waals surface area contributed by atoms with E-state index in [-0.39, 0.29) is 12.0 Å². The minimum Gasteiger partial charge on any atom is -0.356 e. The minimum atomic E-state index is -4.45. The Kier molecular flexibility index (Phi) is 3.87. The van der Waals surface area contributed by atoms with Crippen LogP contribution in [0, 0.1) is 0 Å². The molecule has 1 N–H and O–H groups in total. The molecule has 0 bridgehead atoms. The molecule has 0 aliphatic rings. The van der Waals surface area contributed by atoms with Gasteiger partial charge in [-0.15, -0.1) is 0 Å². The Bertz CT molecular complexity index is 377. The maximum absolute atomic E-state index is 12.5. The number of hydrogen-bond acceptors (Lipinski definition) is 2. The van der Waals surface area contributed by atoms with E-state index in [0.717, 1.165) is 18.5 Å². The van der Waals surface area contributed by atoms with Crippen molar-refractivity contribution in [3.05, 3.63) is 29.6 Å². The van der Waals surface area contributed by atoms with Crippen molar-refractivity contribution in [2.24, 2.45) is 0 Å². The van der Waals surface area contributed by atoms with Crippen molar-refractivity contribution in [3.63, 3.8) is 0 Å². The largest absolute Gasteiger partial charge is 0.416 e. The van der Waals surface area contributed by atoms with Gasteiger partial charge in [-0.05, 0) is 18.6 Å². The lowest BCUT2D eigenvalue weighted by atomic mass is 10.1. The molecule has 3 nitrogen and oxygen atoms in total. The number of hydrogen-bond donors (Lipinski definition) is 1. The fourth-order valence-corrected chi connectivity index (χ4v) is 1.28. The number of alkyl halides is 3. The molecule has 0 aliphatic heterocycles. The average molecular weight is 232 g/mol. The summed E-state index contributed by atoms with van der Waals surface area (Å²) in [6, 6.07) is 0.870. The fourth-order valence-electron chi connectivity index (χ4n) is 1.28. The van der Waals surface area contributed by atoms with Gasteiger partial charge in [0.25, 0.3) is 0 Å². The van der Waals surface area contributed by atoms with E-state index in [1.807, 2.05) is 0 Å². The number of rotatable bonds is 3. The predicted octanol–water partition coefficient (Wildman–Crippen LogP) is 1.78. The molecule has 0 saturated heterocycles. The Labute approximate surface area is 90.7 Å². The van der Waals surface area contributed by atoms with Crippen LogP contribution in [0.4, 0.5) is 13.2 Å². The highest BCUT2D eigenvalue weighted by Gasteiger charge is 2.33. The summed E-state index contributed by atoms with van der Waals surface area (Å²) in [5.41, 5.74) is -0.922. The Morgan fingerprint density at radius 1 is 1.50 bits per heavy atom. The van der Waals surface area contributed by atoms with E-state index >= 15 is 0 Å².